The molecule has 1 aromatic rings. The van der Waals surface area contributed by atoms with Gasteiger partial charge in [0.05, 0.1) is 26.9 Å². The molecule has 2 fully saturated rings. The van der Waals surface area contributed by atoms with Crippen LogP contribution in [0.4, 0.5) is 5.69 Å². The summed E-state index contributed by atoms with van der Waals surface area (Å²) in [6.07, 6.45) is -0.606. The maximum Gasteiger partial charge on any atom is 0.254 e. The van der Waals surface area contributed by atoms with Crippen molar-refractivity contribution in [2.45, 2.75) is 11.0 Å². The predicted octanol–water partition coefficient (Wildman–Crippen LogP) is 0.0648. The maximum atomic E-state index is 12.9. The van der Waals surface area contributed by atoms with Crippen LogP contribution in [0.25, 0.3) is 0 Å². The molecule has 9 nitrogen and oxygen atoms in total. The first-order chi connectivity index (χ1) is 12.5. The highest BCUT2D eigenvalue weighted by molar-refractivity contribution is 7.89. The molecule has 0 bridgehead atoms. The number of rotatable bonds is 5. The van der Waals surface area contributed by atoms with E-state index in [0.29, 0.717) is 38.6 Å². The van der Waals surface area contributed by atoms with E-state index in [2.05, 4.69) is 10.6 Å². The summed E-state index contributed by atoms with van der Waals surface area (Å²) < 4.78 is 43.1. The van der Waals surface area contributed by atoms with Gasteiger partial charge in [0, 0.05) is 31.9 Å². The second-order valence-corrected chi connectivity index (χ2v) is 7.84. The monoisotopic (exact) mass is 421 g/mol. The van der Waals surface area contributed by atoms with Gasteiger partial charge in [0.2, 0.25) is 10.0 Å². The van der Waals surface area contributed by atoms with E-state index in [1.807, 2.05) is 0 Å². The first-order valence-corrected chi connectivity index (χ1v) is 9.85. The van der Waals surface area contributed by atoms with Crippen molar-refractivity contribution in [1.29, 1.82) is 0 Å². The van der Waals surface area contributed by atoms with E-state index < -0.39 is 16.1 Å². The van der Waals surface area contributed by atoms with Crippen molar-refractivity contribution >= 4 is 34.0 Å². The highest BCUT2D eigenvalue weighted by Gasteiger charge is 2.30. The number of carbonyl (C=O) groups is 1. The minimum Gasteiger partial charge on any atom is -0.495 e. The number of nitrogens with zero attached hydrogens (tertiary/aromatic N) is 1. The van der Waals surface area contributed by atoms with Crippen LogP contribution in [-0.4, -0.2) is 77.8 Å². The molecule has 0 radical (unpaired) electrons. The summed E-state index contributed by atoms with van der Waals surface area (Å²) in [5.41, 5.74) is 0.372. The summed E-state index contributed by atoms with van der Waals surface area (Å²) in [6.45, 7) is 2.84. The van der Waals surface area contributed by atoms with Gasteiger partial charge >= 0.3 is 0 Å². The van der Waals surface area contributed by atoms with E-state index in [4.69, 9.17) is 14.2 Å². The molecule has 1 aromatic carbocycles. The average Bonchev–Trinajstić information content (AvgIpc) is 2.69. The average molecular weight is 422 g/mol. The third-order valence-electron chi connectivity index (χ3n) is 4.24. The van der Waals surface area contributed by atoms with Crippen molar-refractivity contribution < 1.29 is 27.4 Å². The van der Waals surface area contributed by atoms with Crippen LogP contribution >= 0.6 is 12.4 Å². The molecule has 2 heterocycles. The number of halogens is 1. The number of morpholine rings is 2. The van der Waals surface area contributed by atoms with E-state index in [1.54, 1.807) is 6.07 Å². The van der Waals surface area contributed by atoms with Crippen molar-refractivity contribution in [3.8, 4) is 5.75 Å². The highest BCUT2D eigenvalue weighted by atomic mass is 35.5. The highest BCUT2D eigenvalue weighted by Crippen LogP contribution is 2.30. The summed E-state index contributed by atoms with van der Waals surface area (Å²) in [6, 6.07) is 4.55. The van der Waals surface area contributed by atoms with E-state index in [-0.39, 0.29) is 42.0 Å². The van der Waals surface area contributed by atoms with E-state index >= 15 is 0 Å². The van der Waals surface area contributed by atoms with Gasteiger partial charge < -0.3 is 24.8 Å². The Morgan fingerprint density at radius 3 is 2.67 bits per heavy atom. The van der Waals surface area contributed by atoms with Crippen LogP contribution in [-0.2, 0) is 24.3 Å². The summed E-state index contributed by atoms with van der Waals surface area (Å²) >= 11 is 0. The molecule has 11 heteroatoms. The Morgan fingerprint density at radius 2 is 2.04 bits per heavy atom. The smallest absolute Gasteiger partial charge is 0.254 e. The molecule has 0 aliphatic carbocycles. The van der Waals surface area contributed by atoms with Gasteiger partial charge in [-0.25, -0.2) is 8.42 Å². The lowest BCUT2D eigenvalue weighted by Gasteiger charge is -2.27. The van der Waals surface area contributed by atoms with Gasteiger partial charge in [0.15, 0.2) is 0 Å². The van der Waals surface area contributed by atoms with Crippen molar-refractivity contribution in [3.05, 3.63) is 18.2 Å². The van der Waals surface area contributed by atoms with Crippen molar-refractivity contribution in [3.63, 3.8) is 0 Å². The van der Waals surface area contributed by atoms with E-state index in [1.165, 1.54) is 23.5 Å². The maximum absolute atomic E-state index is 12.9. The van der Waals surface area contributed by atoms with Crippen LogP contribution in [0, 0.1) is 0 Å². The first-order valence-electron chi connectivity index (χ1n) is 8.41. The predicted molar refractivity (Wildman–Crippen MR) is 101 cm³/mol. The van der Waals surface area contributed by atoms with Crippen LogP contribution in [0.15, 0.2) is 23.1 Å². The molecule has 1 atom stereocenters. The molecule has 0 saturated carbocycles. The number of methoxy groups -OCH3 is 1. The molecular weight excluding hydrogens is 398 g/mol. The molecule has 0 spiro atoms. The van der Waals surface area contributed by atoms with Gasteiger partial charge in [0.1, 0.15) is 16.7 Å². The Labute approximate surface area is 164 Å². The van der Waals surface area contributed by atoms with Crippen molar-refractivity contribution in [2.75, 3.05) is 58.4 Å². The lowest BCUT2D eigenvalue weighted by atomic mass is 10.2. The third kappa shape index (κ3) is 5.09. The molecule has 0 aromatic heterocycles. The Hall–Kier alpha value is -1.43. The normalized spacial score (nSPS) is 21.1. The van der Waals surface area contributed by atoms with Gasteiger partial charge in [-0.05, 0) is 18.2 Å². The molecule has 3 rings (SSSR count). The van der Waals surface area contributed by atoms with Crippen LogP contribution in [0.3, 0.4) is 0 Å². The zero-order valence-corrected chi connectivity index (χ0v) is 16.6. The molecule has 2 saturated heterocycles. The van der Waals surface area contributed by atoms with Crippen molar-refractivity contribution in [2.24, 2.45) is 0 Å². The molecule has 1 unspecified atom stereocenters. The van der Waals surface area contributed by atoms with E-state index in [0.717, 1.165) is 0 Å². The zero-order valence-electron chi connectivity index (χ0n) is 15.0. The lowest BCUT2D eigenvalue weighted by molar-refractivity contribution is -0.128. The number of ether oxygens (including phenoxy) is 3. The van der Waals surface area contributed by atoms with Crippen LogP contribution in [0.1, 0.15) is 0 Å². The van der Waals surface area contributed by atoms with Gasteiger partial charge in [-0.2, -0.15) is 4.31 Å². The lowest BCUT2D eigenvalue weighted by Crippen LogP contribution is -2.45. The molecule has 1 amide bonds. The SMILES string of the molecule is COc1ccc(NC(=O)C2CNCCO2)cc1S(=O)(=O)N1CCOCC1.Cl. The minimum atomic E-state index is -3.75. The fourth-order valence-corrected chi connectivity index (χ4v) is 4.43. The molecule has 27 heavy (non-hydrogen) atoms. The van der Waals surface area contributed by atoms with Gasteiger partial charge in [-0.1, -0.05) is 0 Å². The molecular formula is C16H24ClN3O6S. The fraction of sp³-hybridized carbons (Fsp3) is 0.562. The molecule has 2 N–H and O–H groups in total. The summed E-state index contributed by atoms with van der Waals surface area (Å²) in [7, 11) is -2.34. The third-order valence-corrected chi connectivity index (χ3v) is 6.16. The van der Waals surface area contributed by atoms with Crippen LogP contribution < -0.4 is 15.4 Å². The Morgan fingerprint density at radius 1 is 1.30 bits per heavy atom. The van der Waals surface area contributed by atoms with Crippen molar-refractivity contribution in [1.82, 2.24) is 9.62 Å². The second kappa shape index (κ2) is 9.67. The number of sulfonamides is 1. The number of carbonyl (C=O) groups excluding carboxylic acids is 1. The number of nitrogens with one attached hydrogen (secondary N) is 2. The Bertz CT molecular complexity index is 749. The minimum absolute atomic E-state index is 0. The number of benzene rings is 1. The van der Waals surface area contributed by atoms with Gasteiger partial charge in [0.25, 0.3) is 5.91 Å². The Balaban J connectivity index is 0.00000261. The standard InChI is InChI=1S/C16H23N3O6S.ClH/c1-23-13-3-2-12(18-16(20)14-11-17-4-7-25-14)10-15(13)26(21,22)19-5-8-24-9-6-19;/h2-3,10,14,17H,4-9,11H2,1H3,(H,18,20);1H. The molecule has 152 valence electrons. The van der Waals surface area contributed by atoms with Crippen LogP contribution in [0.5, 0.6) is 5.75 Å². The van der Waals surface area contributed by atoms with Gasteiger partial charge in [-0.3, -0.25) is 4.79 Å². The van der Waals surface area contributed by atoms with Gasteiger partial charge in [-0.15, -0.1) is 12.4 Å². The quantitative estimate of drug-likeness (QED) is 0.692. The molecule has 2 aliphatic heterocycles. The van der Waals surface area contributed by atoms with E-state index in [9.17, 15) is 13.2 Å². The number of hydrogen-bond acceptors (Lipinski definition) is 7. The largest absolute Gasteiger partial charge is 0.495 e. The number of hydrogen-bond donors (Lipinski definition) is 2. The zero-order chi connectivity index (χ0) is 18.6. The fourth-order valence-electron chi connectivity index (χ4n) is 2.84. The summed E-state index contributed by atoms with van der Waals surface area (Å²) in [5, 5.41) is 5.79. The first kappa shape index (κ1) is 21.9. The number of anilines is 1. The van der Waals surface area contributed by atoms with Crippen LogP contribution in [0.2, 0.25) is 0 Å². The topological polar surface area (TPSA) is 106 Å². The molecule has 2 aliphatic rings. The second-order valence-electron chi connectivity index (χ2n) is 5.93. The summed E-state index contributed by atoms with van der Waals surface area (Å²) in [4.78, 5) is 12.3. The number of amides is 1. The summed E-state index contributed by atoms with van der Waals surface area (Å²) in [5.74, 6) is -0.0952. The Kier molecular flexibility index (Phi) is 7.83.